The summed E-state index contributed by atoms with van der Waals surface area (Å²) < 4.78 is 26.1. The van der Waals surface area contributed by atoms with Crippen molar-refractivity contribution in [1.29, 1.82) is 0 Å². The zero-order chi connectivity index (χ0) is 13.3. The minimum absolute atomic E-state index is 0.216. The minimum atomic E-state index is -0.850. The summed E-state index contributed by atoms with van der Waals surface area (Å²) in [5.74, 6) is -1.70. The molecule has 0 N–H and O–H groups in total. The van der Waals surface area contributed by atoms with Gasteiger partial charge in [0.1, 0.15) is 0 Å². The van der Waals surface area contributed by atoms with Crippen molar-refractivity contribution in [3.05, 3.63) is 69.7 Å². The molecule has 0 saturated carbocycles. The molecule has 0 spiro atoms. The lowest BCUT2D eigenvalue weighted by Crippen LogP contribution is -1.97. The Morgan fingerprint density at radius 2 is 1.78 bits per heavy atom. The van der Waals surface area contributed by atoms with Gasteiger partial charge in [-0.05, 0) is 47.9 Å². The molecular formula is C14H10BrClF2. The first-order chi connectivity index (χ1) is 8.49. The maximum absolute atomic E-state index is 13.2. The molecule has 0 aliphatic rings. The molecule has 0 aliphatic heterocycles. The second-order valence-corrected chi connectivity index (χ2v) is 5.39. The van der Waals surface area contributed by atoms with Crippen LogP contribution in [0.2, 0.25) is 5.02 Å². The van der Waals surface area contributed by atoms with Crippen molar-refractivity contribution in [1.82, 2.24) is 0 Å². The molecule has 2 aromatic rings. The van der Waals surface area contributed by atoms with E-state index in [9.17, 15) is 8.78 Å². The fourth-order valence-electron chi connectivity index (χ4n) is 1.73. The number of halogens is 4. The Labute approximate surface area is 118 Å². The Bertz CT molecular complexity index is 584. The van der Waals surface area contributed by atoms with Gasteiger partial charge in [-0.3, -0.25) is 0 Å². The van der Waals surface area contributed by atoms with Crippen molar-refractivity contribution < 1.29 is 8.78 Å². The van der Waals surface area contributed by atoms with E-state index in [2.05, 4.69) is 15.9 Å². The van der Waals surface area contributed by atoms with E-state index in [-0.39, 0.29) is 4.83 Å². The first-order valence-corrected chi connectivity index (χ1v) is 6.63. The van der Waals surface area contributed by atoms with Crippen LogP contribution in [0.25, 0.3) is 0 Å². The van der Waals surface area contributed by atoms with E-state index in [1.54, 1.807) is 12.1 Å². The molecule has 0 saturated heterocycles. The van der Waals surface area contributed by atoms with Gasteiger partial charge in [-0.15, -0.1) is 0 Å². The van der Waals surface area contributed by atoms with Crippen molar-refractivity contribution in [3.8, 4) is 0 Å². The molecule has 1 unspecified atom stereocenters. The van der Waals surface area contributed by atoms with E-state index < -0.39 is 11.6 Å². The van der Waals surface area contributed by atoms with Crippen LogP contribution >= 0.6 is 27.5 Å². The Balaban J connectivity index is 2.44. The molecular weight excluding hydrogens is 322 g/mol. The van der Waals surface area contributed by atoms with Crippen LogP contribution in [0.5, 0.6) is 0 Å². The van der Waals surface area contributed by atoms with E-state index in [4.69, 9.17) is 11.6 Å². The van der Waals surface area contributed by atoms with Gasteiger partial charge in [0.25, 0.3) is 0 Å². The monoisotopic (exact) mass is 330 g/mol. The Hall–Kier alpha value is -0.930. The summed E-state index contributed by atoms with van der Waals surface area (Å²) in [5, 5.41) is 0.614. The lowest BCUT2D eigenvalue weighted by molar-refractivity contribution is 0.507. The van der Waals surface area contributed by atoms with E-state index in [0.717, 1.165) is 17.2 Å². The molecule has 18 heavy (non-hydrogen) atoms. The van der Waals surface area contributed by atoms with Gasteiger partial charge < -0.3 is 0 Å². The minimum Gasteiger partial charge on any atom is -0.204 e. The third-order valence-electron chi connectivity index (χ3n) is 2.75. The molecule has 0 nitrogen and oxygen atoms in total. The quantitative estimate of drug-likeness (QED) is 0.645. The SMILES string of the molecule is Cc1ccc(Cl)cc1C(Br)c1ccc(F)c(F)c1. The number of alkyl halides is 1. The number of hydrogen-bond acceptors (Lipinski definition) is 0. The molecule has 2 aromatic carbocycles. The number of benzene rings is 2. The molecule has 1 atom stereocenters. The molecule has 4 heteroatoms. The highest BCUT2D eigenvalue weighted by Crippen LogP contribution is 2.34. The molecule has 2 rings (SSSR count). The molecule has 0 fully saturated rings. The lowest BCUT2D eigenvalue weighted by Gasteiger charge is -2.14. The van der Waals surface area contributed by atoms with Gasteiger partial charge in [0.2, 0.25) is 0 Å². The maximum atomic E-state index is 13.2. The average molecular weight is 332 g/mol. The molecule has 0 bridgehead atoms. The van der Waals surface area contributed by atoms with Crippen LogP contribution in [0.4, 0.5) is 8.78 Å². The fraction of sp³-hybridized carbons (Fsp3) is 0.143. The van der Waals surface area contributed by atoms with Crippen molar-refractivity contribution in [2.45, 2.75) is 11.8 Å². The van der Waals surface area contributed by atoms with Crippen molar-refractivity contribution in [3.63, 3.8) is 0 Å². The van der Waals surface area contributed by atoms with Crippen LogP contribution in [-0.4, -0.2) is 0 Å². The summed E-state index contributed by atoms with van der Waals surface area (Å²) >= 11 is 9.44. The maximum Gasteiger partial charge on any atom is 0.159 e. The molecule has 0 heterocycles. The van der Waals surface area contributed by atoms with Crippen LogP contribution in [0, 0.1) is 18.6 Å². The number of hydrogen-bond donors (Lipinski definition) is 0. The largest absolute Gasteiger partial charge is 0.204 e. The molecule has 0 amide bonds. The normalized spacial score (nSPS) is 12.5. The highest BCUT2D eigenvalue weighted by molar-refractivity contribution is 9.09. The van der Waals surface area contributed by atoms with Gasteiger partial charge in [0.15, 0.2) is 11.6 Å². The van der Waals surface area contributed by atoms with Crippen LogP contribution in [0.15, 0.2) is 36.4 Å². The van der Waals surface area contributed by atoms with Gasteiger partial charge in [-0.1, -0.05) is 39.7 Å². The zero-order valence-electron chi connectivity index (χ0n) is 9.55. The second kappa shape index (κ2) is 5.37. The lowest BCUT2D eigenvalue weighted by atomic mass is 10.0. The van der Waals surface area contributed by atoms with Gasteiger partial charge in [0, 0.05) is 5.02 Å². The molecule has 94 valence electrons. The smallest absolute Gasteiger partial charge is 0.159 e. The summed E-state index contributed by atoms with van der Waals surface area (Å²) in [6, 6.07) is 9.38. The summed E-state index contributed by atoms with van der Waals surface area (Å²) in [7, 11) is 0. The van der Waals surface area contributed by atoms with Crippen LogP contribution in [0.3, 0.4) is 0 Å². The Morgan fingerprint density at radius 1 is 1.06 bits per heavy atom. The third-order valence-corrected chi connectivity index (χ3v) is 4.01. The fourth-order valence-corrected chi connectivity index (χ4v) is 2.69. The van der Waals surface area contributed by atoms with Crippen molar-refractivity contribution >= 4 is 27.5 Å². The van der Waals surface area contributed by atoms with E-state index in [0.29, 0.717) is 10.6 Å². The summed E-state index contributed by atoms with van der Waals surface area (Å²) in [6.07, 6.45) is 0. The van der Waals surface area contributed by atoms with Crippen molar-refractivity contribution in [2.75, 3.05) is 0 Å². The van der Waals surface area contributed by atoms with Gasteiger partial charge >= 0.3 is 0 Å². The van der Waals surface area contributed by atoms with Crippen molar-refractivity contribution in [2.24, 2.45) is 0 Å². The average Bonchev–Trinajstić information content (AvgIpc) is 2.35. The summed E-state index contributed by atoms with van der Waals surface area (Å²) in [4.78, 5) is -0.216. The Morgan fingerprint density at radius 3 is 2.44 bits per heavy atom. The summed E-state index contributed by atoms with van der Waals surface area (Å²) in [5.41, 5.74) is 2.62. The molecule has 0 aliphatic carbocycles. The first-order valence-electron chi connectivity index (χ1n) is 5.34. The third kappa shape index (κ3) is 2.73. The number of aryl methyl sites for hydroxylation is 1. The van der Waals surface area contributed by atoms with Gasteiger partial charge in [-0.2, -0.15) is 0 Å². The Kier molecular flexibility index (Phi) is 4.03. The standard InChI is InChI=1S/C14H10BrClF2/c1-8-2-4-10(16)7-11(8)14(15)9-3-5-12(17)13(18)6-9/h2-7,14H,1H3. The highest BCUT2D eigenvalue weighted by atomic mass is 79.9. The van der Waals surface area contributed by atoms with Gasteiger partial charge in [0.05, 0.1) is 4.83 Å². The second-order valence-electron chi connectivity index (χ2n) is 4.04. The molecule has 0 radical (unpaired) electrons. The predicted octanol–water partition coefficient (Wildman–Crippen LogP) is 5.41. The summed E-state index contributed by atoms with van der Waals surface area (Å²) in [6.45, 7) is 1.94. The topological polar surface area (TPSA) is 0 Å². The first kappa shape index (κ1) is 13.5. The van der Waals surface area contributed by atoms with E-state index in [1.165, 1.54) is 6.07 Å². The molecule has 0 aromatic heterocycles. The predicted molar refractivity (Wildman–Crippen MR) is 73.3 cm³/mol. The van der Waals surface area contributed by atoms with Crippen LogP contribution in [-0.2, 0) is 0 Å². The zero-order valence-corrected chi connectivity index (χ0v) is 11.9. The van der Waals surface area contributed by atoms with E-state index in [1.807, 2.05) is 19.1 Å². The van der Waals surface area contributed by atoms with Crippen LogP contribution < -0.4 is 0 Å². The van der Waals surface area contributed by atoms with Gasteiger partial charge in [-0.25, -0.2) is 8.78 Å². The van der Waals surface area contributed by atoms with E-state index >= 15 is 0 Å². The highest BCUT2D eigenvalue weighted by Gasteiger charge is 2.15. The number of rotatable bonds is 2. The van der Waals surface area contributed by atoms with Crippen LogP contribution in [0.1, 0.15) is 21.5 Å².